The van der Waals surface area contributed by atoms with Gasteiger partial charge < -0.3 is 9.64 Å². The molecule has 0 aromatic carbocycles. The van der Waals surface area contributed by atoms with Gasteiger partial charge in [-0.2, -0.15) is 0 Å². The number of carbonyl (C=O) groups is 1. The number of ketones is 1. The van der Waals surface area contributed by atoms with Gasteiger partial charge in [-0.1, -0.05) is 0 Å². The lowest BCUT2D eigenvalue weighted by molar-refractivity contribution is -0.116. The second-order valence-corrected chi connectivity index (χ2v) is 5.08. The molecule has 0 spiro atoms. The largest absolute Gasteiger partial charge is 0.381 e. The van der Waals surface area contributed by atoms with E-state index in [1.165, 1.54) is 5.56 Å². The van der Waals surface area contributed by atoms with Crippen molar-refractivity contribution in [1.82, 2.24) is 9.97 Å². The molecule has 0 radical (unpaired) electrons. The standard InChI is InChI=1S/C14H21N3O2/c1-11(18)3-6-17(2)14-15-9-13(10-16-14)12-4-7-19-8-5-12/h9-10,12H,3-8H2,1-2H3. The molecule has 0 unspecified atom stereocenters. The Kier molecular flexibility index (Phi) is 4.85. The lowest BCUT2D eigenvalue weighted by atomic mass is 9.94. The fraction of sp³-hybridized carbons (Fsp3) is 0.643. The van der Waals surface area contributed by atoms with Gasteiger partial charge in [0.1, 0.15) is 5.78 Å². The van der Waals surface area contributed by atoms with Gasteiger partial charge in [-0.25, -0.2) is 9.97 Å². The van der Waals surface area contributed by atoms with Crippen LogP contribution in [-0.4, -0.2) is 42.6 Å². The molecule has 2 rings (SSSR count). The third-order valence-electron chi connectivity index (χ3n) is 3.49. The van der Waals surface area contributed by atoms with E-state index in [-0.39, 0.29) is 5.78 Å². The molecule has 19 heavy (non-hydrogen) atoms. The number of ether oxygens (including phenoxy) is 1. The maximum Gasteiger partial charge on any atom is 0.225 e. The first-order valence-electron chi connectivity index (χ1n) is 6.77. The van der Waals surface area contributed by atoms with Gasteiger partial charge in [0.2, 0.25) is 5.95 Å². The molecule has 0 bridgehead atoms. The van der Waals surface area contributed by atoms with Crippen LogP contribution in [0.2, 0.25) is 0 Å². The number of aromatic nitrogens is 2. The topological polar surface area (TPSA) is 55.3 Å². The predicted octanol–water partition coefficient (Wildman–Crippen LogP) is 1.79. The molecule has 0 atom stereocenters. The number of hydrogen-bond acceptors (Lipinski definition) is 5. The highest BCUT2D eigenvalue weighted by Crippen LogP contribution is 2.26. The predicted molar refractivity (Wildman–Crippen MR) is 73.4 cm³/mol. The third-order valence-corrected chi connectivity index (χ3v) is 3.49. The zero-order chi connectivity index (χ0) is 13.7. The van der Waals surface area contributed by atoms with Crippen LogP contribution in [0.3, 0.4) is 0 Å². The summed E-state index contributed by atoms with van der Waals surface area (Å²) in [6.07, 6.45) is 6.43. The summed E-state index contributed by atoms with van der Waals surface area (Å²) in [5.74, 6) is 1.38. The average Bonchev–Trinajstić information content (AvgIpc) is 2.46. The summed E-state index contributed by atoms with van der Waals surface area (Å²) in [5.41, 5.74) is 1.19. The van der Waals surface area contributed by atoms with Crippen LogP contribution in [0.1, 0.15) is 37.7 Å². The number of rotatable bonds is 5. The summed E-state index contributed by atoms with van der Waals surface area (Å²) in [5, 5.41) is 0. The van der Waals surface area contributed by atoms with Crippen LogP contribution in [0.5, 0.6) is 0 Å². The Morgan fingerprint density at radius 1 is 1.37 bits per heavy atom. The molecular formula is C14H21N3O2. The fourth-order valence-electron chi connectivity index (χ4n) is 2.20. The minimum atomic E-state index is 0.186. The first-order chi connectivity index (χ1) is 9.16. The number of carbonyl (C=O) groups excluding carboxylic acids is 1. The second kappa shape index (κ2) is 6.61. The van der Waals surface area contributed by atoms with Gasteiger partial charge in [0.15, 0.2) is 0 Å². The number of nitrogens with zero attached hydrogens (tertiary/aromatic N) is 3. The lowest BCUT2D eigenvalue weighted by Gasteiger charge is -2.22. The van der Waals surface area contributed by atoms with Crippen molar-refractivity contribution >= 4 is 11.7 Å². The molecule has 0 saturated carbocycles. The van der Waals surface area contributed by atoms with Crippen LogP contribution in [0, 0.1) is 0 Å². The lowest BCUT2D eigenvalue weighted by Crippen LogP contribution is -2.23. The van der Waals surface area contributed by atoms with Crippen molar-refractivity contribution in [3.63, 3.8) is 0 Å². The molecule has 1 aromatic rings. The van der Waals surface area contributed by atoms with Crippen molar-refractivity contribution in [1.29, 1.82) is 0 Å². The fourth-order valence-corrected chi connectivity index (χ4v) is 2.20. The highest BCUT2D eigenvalue weighted by Gasteiger charge is 2.17. The summed E-state index contributed by atoms with van der Waals surface area (Å²) >= 11 is 0. The van der Waals surface area contributed by atoms with Crippen LogP contribution in [0.15, 0.2) is 12.4 Å². The van der Waals surface area contributed by atoms with Crippen LogP contribution >= 0.6 is 0 Å². The van der Waals surface area contributed by atoms with Gasteiger partial charge in [0.25, 0.3) is 0 Å². The van der Waals surface area contributed by atoms with Crippen molar-refractivity contribution in [2.24, 2.45) is 0 Å². The molecule has 2 heterocycles. The first-order valence-corrected chi connectivity index (χ1v) is 6.77. The molecule has 104 valence electrons. The van der Waals surface area contributed by atoms with E-state index in [1.54, 1.807) is 6.92 Å². The summed E-state index contributed by atoms with van der Waals surface area (Å²) in [6.45, 7) is 3.91. The van der Waals surface area contributed by atoms with Crippen LogP contribution < -0.4 is 4.90 Å². The number of anilines is 1. The third kappa shape index (κ3) is 3.99. The number of hydrogen-bond donors (Lipinski definition) is 0. The first kappa shape index (κ1) is 13.9. The molecule has 1 fully saturated rings. The summed E-state index contributed by atoms with van der Waals surface area (Å²) in [4.78, 5) is 21.7. The Bertz CT molecular complexity index is 413. The number of Topliss-reactive ketones (excluding diaryl/α,β-unsaturated/α-hetero) is 1. The Morgan fingerprint density at radius 3 is 2.58 bits per heavy atom. The Hall–Kier alpha value is -1.49. The molecule has 0 aliphatic carbocycles. The van der Waals surface area contributed by atoms with Gasteiger partial charge in [-0.15, -0.1) is 0 Å². The summed E-state index contributed by atoms with van der Waals surface area (Å²) < 4.78 is 5.36. The van der Waals surface area contributed by atoms with Crippen LogP contribution in [0.25, 0.3) is 0 Å². The maximum absolute atomic E-state index is 11.0. The minimum Gasteiger partial charge on any atom is -0.381 e. The molecule has 1 saturated heterocycles. The van der Waals surface area contributed by atoms with E-state index in [4.69, 9.17) is 4.74 Å². The molecule has 1 aliphatic heterocycles. The van der Waals surface area contributed by atoms with Gasteiger partial charge in [-0.3, -0.25) is 4.79 Å². The Morgan fingerprint density at radius 2 is 2.00 bits per heavy atom. The highest BCUT2D eigenvalue weighted by molar-refractivity contribution is 5.75. The molecular weight excluding hydrogens is 242 g/mol. The van der Waals surface area contributed by atoms with Gasteiger partial charge in [0.05, 0.1) is 0 Å². The molecule has 1 aromatic heterocycles. The van der Waals surface area contributed by atoms with Crippen molar-refractivity contribution in [2.45, 2.75) is 32.1 Å². The van der Waals surface area contributed by atoms with E-state index in [1.807, 2.05) is 24.3 Å². The van der Waals surface area contributed by atoms with E-state index in [2.05, 4.69) is 9.97 Å². The van der Waals surface area contributed by atoms with Crippen molar-refractivity contribution in [3.05, 3.63) is 18.0 Å². The Balaban J connectivity index is 1.95. The van der Waals surface area contributed by atoms with E-state index in [9.17, 15) is 4.79 Å². The van der Waals surface area contributed by atoms with Crippen molar-refractivity contribution in [2.75, 3.05) is 31.7 Å². The normalized spacial score (nSPS) is 16.3. The molecule has 5 nitrogen and oxygen atoms in total. The van der Waals surface area contributed by atoms with Crippen molar-refractivity contribution in [3.8, 4) is 0 Å². The Labute approximate surface area is 114 Å². The van der Waals surface area contributed by atoms with E-state index < -0.39 is 0 Å². The molecule has 5 heteroatoms. The second-order valence-electron chi connectivity index (χ2n) is 5.08. The van der Waals surface area contributed by atoms with E-state index in [0.717, 1.165) is 26.1 Å². The average molecular weight is 263 g/mol. The monoisotopic (exact) mass is 263 g/mol. The van der Waals surface area contributed by atoms with E-state index in [0.29, 0.717) is 24.8 Å². The van der Waals surface area contributed by atoms with E-state index >= 15 is 0 Å². The minimum absolute atomic E-state index is 0.186. The molecule has 0 amide bonds. The van der Waals surface area contributed by atoms with Crippen molar-refractivity contribution < 1.29 is 9.53 Å². The summed E-state index contributed by atoms with van der Waals surface area (Å²) in [7, 11) is 1.91. The van der Waals surface area contributed by atoms with Gasteiger partial charge in [0, 0.05) is 45.6 Å². The molecule has 1 aliphatic rings. The zero-order valence-corrected chi connectivity index (χ0v) is 11.6. The summed E-state index contributed by atoms with van der Waals surface area (Å²) in [6, 6.07) is 0. The SMILES string of the molecule is CC(=O)CCN(C)c1ncc(C2CCOCC2)cn1. The van der Waals surface area contributed by atoms with Crippen LogP contribution in [0.4, 0.5) is 5.95 Å². The van der Waals surface area contributed by atoms with Crippen LogP contribution in [-0.2, 0) is 9.53 Å². The quantitative estimate of drug-likeness (QED) is 0.810. The zero-order valence-electron chi connectivity index (χ0n) is 11.6. The smallest absolute Gasteiger partial charge is 0.225 e. The van der Waals surface area contributed by atoms with Gasteiger partial charge in [-0.05, 0) is 31.2 Å². The highest BCUT2D eigenvalue weighted by atomic mass is 16.5. The maximum atomic E-state index is 11.0. The molecule has 0 N–H and O–H groups in total. The van der Waals surface area contributed by atoms with Gasteiger partial charge >= 0.3 is 0 Å².